The molecule has 0 N–H and O–H groups in total. The first-order chi connectivity index (χ1) is 14.2. The Labute approximate surface area is 172 Å². The molecule has 0 aliphatic rings. The smallest absolute Gasteiger partial charge is 0.329 e. The van der Waals surface area contributed by atoms with Crippen LogP contribution in [-0.2, 0) is 28.5 Å². The van der Waals surface area contributed by atoms with Crippen molar-refractivity contribution in [3.63, 3.8) is 0 Å². The van der Waals surface area contributed by atoms with Crippen molar-refractivity contribution < 1.29 is 26.1 Å². The minimum Gasteiger partial charge on any atom is -0.329 e. The molecular formula is C20H20F3N3O3S. The van der Waals surface area contributed by atoms with Crippen LogP contribution in [0, 0.1) is 0 Å². The number of hydrogen-bond donors (Lipinski definition) is 0. The van der Waals surface area contributed by atoms with Crippen LogP contribution in [-0.4, -0.2) is 29.4 Å². The predicted molar refractivity (Wildman–Crippen MR) is 105 cm³/mol. The maximum atomic E-state index is 12.9. The predicted octanol–water partition coefficient (Wildman–Crippen LogP) is 4.50. The molecule has 0 saturated heterocycles. The van der Waals surface area contributed by atoms with E-state index in [1.807, 2.05) is 13.0 Å². The first-order valence-corrected chi connectivity index (χ1v) is 10.8. The van der Waals surface area contributed by atoms with Crippen molar-refractivity contribution in [2.24, 2.45) is 0 Å². The molecule has 0 radical (unpaired) electrons. The van der Waals surface area contributed by atoms with Gasteiger partial charge in [0.1, 0.15) is 0 Å². The van der Waals surface area contributed by atoms with E-state index in [2.05, 4.69) is 14.7 Å². The topological polar surface area (TPSA) is 76.3 Å². The van der Waals surface area contributed by atoms with Crippen LogP contribution in [0.15, 0.2) is 59.1 Å². The minimum absolute atomic E-state index is 0.102. The van der Waals surface area contributed by atoms with Gasteiger partial charge in [0.2, 0.25) is 15.8 Å². The average Bonchev–Trinajstić information content (AvgIpc) is 3.19. The molecule has 0 amide bonds. The van der Waals surface area contributed by atoms with Gasteiger partial charge in [-0.05, 0) is 17.5 Å². The molecule has 1 heterocycles. The molecule has 0 bridgehead atoms. The molecule has 160 valence electrons. The van der Waals surface area contributed by atoms with Crippen molar-refractivity contribution in [3.05, 3.63) is 71.6 Å². The second-order valence-electron chi connectivity index (χ2n) is 6.69. The second-order valence-corrected chi connectivity index (χ2v) is 8.66. The maximum Gasteiger partial charge on any atom is 0.471 e. The molecule has 6 nitrogen and oxygen atoms in total. The lowest BCUT2D eigenvalue weighted by Crippen LogP contribution is -2.32. The Kier molecular flexibility index (Phi) is 6.57. The standard InChI is InChI=1S/C20H20F3N3O3S/c1-2-12-26(30(27,28)14-16-6-4-3-5-7-16)13-15-8-10-17(11-9-15)18-24-19(29-25-18)20(21,22)23/h3-11H,2,12-14H2,1H3. The molecule has 1 aromatic heterocycles. The van der Waals surface area contributed by atoms with Gasteiger partial charge in [-0.15, -0.1) is 0 Å². The number of benzene rings is 2. The van der Waals surface area contributed by atoms with Crippen molar-refractivity contribution in [2.75, 3.05) is 6.54 Å². The van der Waals surface area contributed by atoms with Crippen molar-refractivity contribution in [2.45, 2.75) is 31.8 Å². The summed E-state index contributed by atoms with van der Waals surface area (Å²) in [5, 5.41) is 3.35. The lowest BCUT2D eigenvalue weighted by atomic mass is 10.1. The molecule has 3 rings (SSSR count). The van der Waals surface area contributed by atoms with Gasteiger partial charge in [-0.1, -0.05) is 66.7 Å². The first-order valence-electron chi connectivity index (χ1n) is 9.21. The highest BCUT2D eigenvalue weighted by molar-refractivity contribution is 7.88. The molecule has 0 spiro atoms. The van der Waals surface area contributed by atoms with Crippen molar-refractivity contribution >= 4 is 10.0 Å². The van der Waals surface area contributed by atoms with E-state index in [0.29, 0.717) is 29.7 Å². The number of alkyl halides is 3. The van der Waals surface area contributed by atoms with Gasteiger partial charge in [-0.25, -0.2) is 8.42 Å². The summed E-state index contributed by atoms with van der Waals surface area (Å²) < 4.78 is 69.2. The molecule has 0 unspecified atom stereocenters. The number of nitrogens with zero attached hydrogens (tertiary/aromatic N) is 3. The van der Waals surface area contributed by atoms with Crippen molar-refractivity contribution in [3.8, 4) is 11.4 Å². The quantitative estimate of drug-likeness (QED) is 0.517. The summed E-state index contributed by atoms with van der Waals surface area (Å²) in [6.07, 6.45) is -4.06. The Hall–Kier alpha value is -2.72. The molecule has 3 aromatic rings. The normalized spacial score (nSPS) is 12.4. The van der Waals surface area contributed by atoms with Crippen LogP contribution < -0.4 is 0 Å². The third-order valence-electron chi connectivity index (χ3n) is 4.30. The highest BCUT2D eigenvalue weighted by Crippen LogP contribution is 2.29. The van der Waals surface area contributed by atoms with Crippen LogP contribution in [0.3, 0.4) is 0 Å². The van der Waals surface area contributed by atoms with Crippen molar-refractivity contribution in [1.29, 1.82) is 0 Å². The lowest BCUT2D eigenvalue weighted by Gasteiger charge is -2.22. The highest BCUT2D eigenvalue weighted by atomic mass is 32.2. The summed E-state index contributed by atoms with van der Waals surface area (Å²) in [5.41, 5.74) is 1.74. The van der Waals surface area contributed by atoms with Crippen LogP contribution in [0.1, 0.15) is 30.4 Å². The number of sulfonamides is 1. The van der Waals surface area contributed by atoms with Crippen LogP contribution in [0.25, 0.3) is 11.4 Å². The van der Waals surface area contributed by atoms with Gasteiger partial charge in [-0.2, -0.15) is 22.5 Å². The zero-order valence-corrected chi connectivity index (χ0v) is 16.9. The Morgan fingerprint density at radius 1 is 1.00 bits per heavy atom. The van der Waals surface area contributed by atoms with E-state index < -0.39 is 22.1 Å². The molecule has 10 heteroatoms. The monoisotopic (exact) mass is 439 g/mol. The Morgan fingerprint density at radius 3 is 2.23 bits per heavy atom. The van der Waals surface area contributed by atoms with Crippen molar-refractivity contribution in [1.82, 2.24) is 14.4 Å². The van der Waals surface area contributed by atoms with Gasteiger partial charge in [0, 0.05) is 18.7 Å². The van der Waals surface area contributed by atoms with E-state index in [9.17, 15) is 21.6 Å². The van der Waals surface area contributed by atoms with Gasteiger partial charge < -0.3 is 4.52 Å². The van der Waals surface area contributed by atoms with Gasteiger partial charge in [-0.3, -0.25) is 0 Å². The summed E-state index contributed by atoms with van der Waals surface area (Å²) >= 11 is 0. The lowest BCUT2D eigenvalue weighted by molar-refractivity contribution is -0.159. The molecule has 0 fully saturated rings. The largest absolute Gasteiger partial charge is 0.471 e. The van der Waals surface area contributed by atoms with E-state index in [0.717, 1.165) is 0 Å². The van der Waals surface area contributed by atoms with E-state index in [1.165, 1.54) is 16.4 Å². The zero-order valence-electron chi connectivity index (χ0n) is 16.1. The summed E-state index contributed by atoms with van der Waals surface area (Å²) in [4.78, 5) is 3.35. The van der Waals surface area contributed by atoms with Gasteiger partial charge >= 0.3 is 12.1 Å². The zero-order chi connectivity index (χ0) is 21.8. The van der Waals surface area contributed by atoms with E-state index >= 15 is 0 Å². The minimum atomic E-state index is -4.71. The number of rotatable bonds is 8. The molecule has 2 aromatic carbocycles. The second kappa shape index (κ2) is 8.97. The van der Waals surface area contributed by atoms with Crippen LogP contribution in [0.2, 0.25) is 0 Å². The molecule has 0 saturated carbocycles. The number of aromatic nitrogens is 2. The van der Waals surface area contributed by atoms with Crippen LogP contribution >= 0.6 is 0 Å². The van der Waals surface area contributed by atoms with Crippen LogP contribution in [0.4, 0.5) is 13.2 Å². The van der Waals surface area contributed by atoms with E-state index in [-0.39, 0.29) is 18.1 Å². The summed E-state index contributed by atoms with van der Waals surface area (Å²) in [5.74, 6) is -1.70. The fraction of sp³-hybridized carbons (Fsp3) is 0.300. The fourth-order valence-electron chi connectivity index (χ4n) is 2.86. The Morgan fingerprint density at radius 2 is 1.67 bits per heavy atom. The first kappa shape index (κ1) is 22.0. The molecule has 0 atom stereocenters. The maximum absolute atomic E-state index is 12.9. The number of halogens is 3. The molecular weight excluding hydrogens is 419 g/mol. The summed E-state index contributed by atoms with van der Waals surface area (Å²) in [6, 6.07) is 15.3. The van der Waals surface area contributed by atoms with E-state index in [4.69, 9.17) is 0 Å². The molecule has 0 aliphatic carbocycles. The third-order valence-corrected chi connectivity index (χ3v) is 6.09. The highest BCUT2D eigenvalue weighted by Gasteiger charge is 2.38. The van der Waals surface area contributed by atoms with Crippen LogP contribution in [0.5, 0.6) is 0 Å². The summed E-state index contributed by atoms with van der Waals surface area (Å²) in [6.45, 7) is 2.41. The van der Waals surface area contributed by atoms with Gasteiger partial charge in [0.05, 0.1) is 5.75 Å². The molecule has 30 heavy (non-hydrogen) atoms. The van der Waals surface area contributed by atoms with E-state index in [1.54, 1.807) is 36.4 Å². The summed E-state index contributed by atoms with van der Waals surface area (Å²) in [7, 11) is -3.54. The number of hydrogen-bond acceptors (Lipinski definition) is 5. The van der Waals surface area contributed by atoms with Gasteiger partial charge in [0.15, 0.2) is 0 Å². The fourth-order valence-corrected chi connectivity index (χ4v) is 4.46. The Bertz CT molecular complexity index is 1070. The third kappa shape index (κ3) is 5.45. The Balaban J connectivity index is 1.75. The average molecular weight is 439 g/mol. The molecule has 0 aliphatic heterocycles. The van der Waals surface area contributed by atoms with Gasteiger partial charge in [0.25, 0.3) is 0 Å². The SMILES string of the molecule is CCCN(Cc1ccc(-c2noc(C(F)(F)F)n2)cc1)S(=O)(=O)Cc1ccccc1.